The summed E-state index contributed by atoms with van der Waals surface area (Å²) in [5.74, 6) is 0.962. The van der Waals surface area contributed by atoms with Crippen molar-refractivity contribution < 1.29 is 14.3 Å². The Hall–Kier alpha value is -1.10. The van der Waals surface area contributed by atoms with Gasteiger partial charge < -0.3 is 15.4 Å². The molecule has 1 aliphatic rings. The van der Waals surface area contributed by atoms with E-state index in [1.54, 1.807) is 7.05 Å². The lowest BCUT2D eigenvalue weighted by molar-refractivity contribution is -0.132. The van der Waals surface area contributed by atoms with Crippen molar-refractivity contribution in [1.29, 1.82) is 0 Å². The van der Waals surface area contributed by atoms with Gasteiger partial charge in [-0.2, -0.15) is 0 Å². The van der Waals surface area contributed by atoms with Crippen LogP contribution in [-0.2, 0) is 14.3 Å². The molecule has 130 valence electrons. The molecule has 5 heteroatoms. The SMILES string of the molecule is CC.CNC(=O)C(NC(C)=O)C(C)OCC1CCC(C)CC1. The number of carbonyl (C=O) groups excluding carboxylic acids is 2. The Morgan fingerprint density at radius 1 is 1.18 bits per heavy atom. The van der Waals surface area contributed by atoms with Gasteiger partial charge in [0, 0.05) is 20.6 Å². The molecule has 22 heavy (non-hydrogen) atoms. The molecular formula is C17H34N2O3. The first-order valence-corrected chi connectivity index (χ1v) is 8.54. The van der Waals surface area contributed by atoms with E-state index >= 15 is 0 Å². The Labute approximate surface area is 135 Å². The Kier molecular flexibility index (Phi) is 10.9. The summed E-state index contributed by atoms with van der Waals surface area (Å²) < 4.78 is 5.83. The van der Waals surface area contributed by atoms with Crippen molar-refractivity contribution in [3.63, 3.8) is 0 Å². The predicted octanol–water partition coefficient (Wildman–Crippen LogP) is 2.49. The van der Waals surface area contributed by atoms with Gasteiger partial charge >= 0.3 is 0 Å². The topological polar surface area (TPSA) is 67.4 Å². The van der Waals surface area contributed by atoms with Crippen LogP contribution in [0.5, 0.6) is 0 Å². The second kappa shape index (κ2) is 11.5. The van der Waals surface area contributed by atoms with Crippen molar-refractivity contribution in [3.8, 4) is 0 Å². The molecular weight excluding hydrogens is 280 g/mol. The summed E-state index contributed by atoms with van der Waals surface area (Å²) in [7, 11) is 1.56. The van der Waals surface area contributed by atoms with E-state index in [4.69, 9.17) is 4.74 Å². The second-order valence-corrected chi connectivity index (χ2v) is 5.96. The van der Waals surface area contributed by atoms with Crippen LogP contribution in [0.25, 0.3) is 0 Å². The smallest absolute Gasteiger partial charge is 0.245 e. The van der Waals surface area contributed by atoms with Gasteiger partial charge in [0.15, 0.2) is 0 Å². The lowest BCUT2D eigenvalue weighted by Crippen LogP contribution is -2.52. The average Bonchev–Trinajstić information content (AvgIpc) is 2.52. The minimum atomic E-state index is -0.625. The molecule has 1 saturated carbocycles. The van der Waals surface area contributed by atoms with Crippen molar-refractivity contribution in [3.05, 3.63) is 0 Å². The maximum atomic E-state index is 11.8. The Morgan fingerprint density at radius 2 is 1.73 bits per heavy atom. The molecule has 0 aromatic rings. The highest BCUT2D eigenvalue weighted by molar-refractivity contribution is 5.87. The van der Waals surface area contributed by atoms with Crippen molar-refractivity contribution >= 4 is 11.8 Å². The minimum absolute atomic E-state index is 0.218. The fraction of sp³-hybridized carbons (Fsp3) is 0.882. The highest BCUT2D eigenvalue weighted by atomic mass is 16.5. The molecule has 0 aromatic heterocycles. The second-order valence-electron chi connectivity index (χ2n) is 5.96. The van der Waals surface area contributed by atoms with Crippen LogP contribution in [0.3, 0.4) is 0 Å². The summed E-state index contributed by atoms with van der Waals surface area (Å²) in [6.45, 7) is 10.2. The number of ether oxygens (including phenoxy) is 1. The fourth-order valence-corrected chi connectivity index (χ4v) is 2.65. The van der Waals surface area contributed by atoms with Crippen molar-refractivity contribution in [2.75, 3.05) is 13.7 Å². The molecule has 2 N–H and O–H groups in total. The molecule has 1 fully saturated rings. The van der Waals surface area contributed by atoms with E-state index in [-0.39, 0.29) is 17.9 Å². The quantitative estimate of drug-likeness (QED) is 0.791. The zero-order valence-electron chi connectivity index (χ0n) is 15.1. The van der Waals surface area contributed by atoms with Crippen LogP contribution < -0.4 is 10.6 Å². The number of hydrogen-bond acceptors (Lipinski definition) is 3. The first-order chi connectivity index (χ1) is 10.4. The van der Waals surface area contributed by atoms with Gasteiger partial charge in [-0.3, -0.25) is 9.59 Å². The van der Waals surface area contributed by atoms with Crippen LogP contribution >= 0.6 is 0 Å². The standard InChI is InChI=1S/C15H28N2O3.C2H6/c1-10-5-7-13(8-6-10)9-20-11(2)14(15(19)16-4)17-12(3)18;1-2/h10-11,13-14H,5-9H2,1-4H3,(H,16,19)(H,17,18);1-2H3. The van der Waals surface area contributed by atoms with Crippen LogP contribution in [0.1, 0.15) is 60.3 Å². The lowest BCUT2D eigenvalue weighted by atomic mass is 9.83. The molecule has 5 nitrogen and oxygen atoms in total. The van der Waals surface area contributed by atoms with Gasteiger partial charge in [0.2, 0.25) is 11.8 Å². The normalized spacial score (nSPS) is 23.5. The first kappa shape index (κ1) is 20.9. The van der Waals surface area contributed by atoms with Crippen LogP contribution in [-0.4, -0.2) is 37.6 Å². The highest BCUT2D eigenvalue weighted by Gasteiger charge is 2.27. The highest BCUT2D eigenvalue weighted by Crippen LogP contribution is 2.28. The van der Waals surface area contributed by atoms with E-state index in [2.05, 4.69) is 17.6 Å². The average molecular weight is 314 g/mol. The first-order valence-electron chi connectivity index (χ1n) is 8.54. The summed E-state index contributed by atoms with van der Waals surface area (Å²) in [6.07, 6.45) is 4.58. The molecule has 0 saturated heterocycles. The number of nitrogens with one attached hydrogen (secondary N) is 2. The van der Waals surface area contributed by atoms with Gasteiger partial charge in [0.05, 0.1) is 6.10 Å². The molecule has 0 bridgehead atoms. The zero-order chi connectivity index (χ0) is 17.1. The van der Waals surface area contributed by atoms with Crippen LogP contribution in [0.4, 0.5) is 0 Å². The van der Waals surface area contributed by atoms with E-state index in [1.807, 2.05) is 20.8 Å². The predicted molar refractivity (Wildman–Crippen MR) is 89.6 cm³/mol. The maximum absolute atomic E-state index is 11.8. The van der Waals surface area contributed by atoms with E-state index in [9.17, 15) is 9.59 Å². The fourth-order valence-electron chi connectivity index (χ4n) is 2.65. The Morgan fingerprint density at radius 3 is 2.18 bits per heavy atom. The maximum Gasteiger partial charge on any atom is 0.245 e. The van der Waals surface area contributed by atoms with E-state index < -0.39 is 6.04 Å². The largest absolute Gasteiger partial charge is 0.376 e. The molecule has 0 radical (unpaired) electrons. The molecule has 0 spiro atoms. The Bertz CT molecular complexity index is 326. The number of amides is 2. The summed E-state index contributed by atoms with van der Waals surface area (Å²) >= 11 is 0. The monoisotopic (exact) mass is 314 g/mol. The minimum Gasteiger partial charge on any atom is -0.376 e. The van der Waals surface area contributed by atoms with Gasteiger partial charge in [0.25, 0.3) is 0 Å². The summed E-state index contributed by atoms with van der Waals surface area (Å²) in [4.78, 5) is 23.0. The third-order valence-electron chi connectivity index (χ3n) is 4.09. The third kappa shape index (κ3) is 7.78. The summed E-state index contributed by atoms with van der Waals surface area (Å²) in [6, 6.07) is -0.625. The van der Waals surface area contributed by atoms with Crippen LogP contribution in [0, 0.1) is 11.8 Å². The molecule has 0 aromatic carbocycles. The number of hydrogen-bond donors (Lipinski definition) is 2. The van der Waals surface area contributed by atoms with E-state index in [1.165, 1.54) is 32.6 Å². The molecule has 0 heterocycles. The lowest BCUT2D eigenvalue weighted by Gasteiger charge is -2.29. The zero-order valence-corrected chi connectivity index (χ0v) is 15.1. The van der Waals surface area contributed by atoms with Crippen molar-refractivity contribution in [2.45, 2.75) is 72.4 Å². The van der Waals surface area contributed by atoms with Crippen molar-refractivity contribution in [1.82, 2.24) is 10.6 Å². The molecule has 2 unspecified atom stereocenters. The van der Waals surface area contributed by atoms with Crippen LogP contribution in [0.2, 0.25) is 0 Å². The molecule has 2 amide bonds. The van der Waals surface area contributed by atoms with Gasteiger partial charge in [-0.1, -0.05) is 33.6 Å². The van der Waals surface area contributed by atoms with Crippen LogP contribution in [0.15, 0.2) is 0 Å². The van der Waals surface area contributed by atoms with Crippen molar-refractivity contribution in [2.24, 2.45) is 11.8 Å². The Balaban J connectivity index is 0.00000211. The third-order valence-corrected chi connectivity index (χ3v) is 4.09. The molecule has 1 aliphatic carbocycles. The van der Waals surface area contributed by atoms with Gasteiger partial charge in [-0.25, -0.2) is 0 Å². The van der Waals surface area contributed by atoms with E-state index in [0.717, 1.165) is 5.92 Å². The number of carbonyl (C=O) groups is 2. The number of rotatable bonds is 6. The summed E-state index contributed by atoms with van der Waals surface area (Å²) in [5, 5.41) is 5.21. The van der Waals surface area contributed by atoms with Gasteiger partial charge in [0.1, 0.15) is 6.04 Å². The summed E-state index contributed by atoms with van der Waals surface area (Å²) in [5.41, 5.74) is 0. The van der Waals surface area contributed by atoms with Gasteiger partial charge in [-0.05, 0) is 31.6 Å². The molecule has 2 atom stereocenters. The number of likely N-dealkylation sites (N-methyl/N-ethyl adjacent to an activating group) is 1. The van der Waals surface area contributed by atoms with Gasteiger partial charge in [-0.15, -0.1) is 0 Å². The molecule has 0 aliphatic heterocycles. The van der Waals surface area contributed by atoms with E-state index in [0.29, 0.717) is 12.5 Å². The molecule has 1 rings (SSSR count).